The average Bonchev–Trinajstić information content (AvgIpc) is 3.47. The first-order chi connectivity index (χ1) is 14.1. The maximum Gasteiger partial charge on any atom is 0.191 e. The van der Waals surface area contributed by atoms with Crippen LogP contribution in [0, 0.1) is 5.92 Å². The zero-order valence-corrected chi connectivity index (χ0v) is 21.4. The van der Waals surface area contributed by atoms with Crippen molar-refractivity contribution in [1.82, 2.24) is 0 Å². The Labute approximate surface area is 185 Å². The Kier molecular flexibility index (Phi) is 8.81. The van der Waals surface area contributed by atoms with Crippen LogP contribution in [-0.4, -0.2) is 29.1 Å². The van der Waals surface area contributed by atoms with Gasteiger partial charge in [0.1, 0.15) is 5.75 Å². The molecule has 1 aromatic carbocycles. The van der Waals surface area contributed by atoms with Gasteiger partial charge in [-0.05, 0) is 91.4 Å². The van der Waals surface area contributed by atoms with Gasteiger partial charge in [0.2, 0.25) is 0 Å². The third-order valence-corrected chi connectivity index (χ3v) is 11.3. The van der Waals surface area contributed by atoms with Crippen molar-refractivity contribution in [3.8, 4) is 5.75 Å². The van der Waals surface area contributed by atoms with Gasteiger partial charge >= 0.3 is 0 Å². The van der Waals surface area contributed by atoms with Crippen LogP contribution in [0.4, 0.5) is 0 Å². The number of allylic oxidation sites excluding steroid dienone is 2. The fourth-order valence-electron chi connectivity index (χ4n) is 3.68. The highest BCUT2D eigenvalue weighted by atomic mass is 28.4. The van der Waals surface area contributed by atoms with Crippen LogP contribution in [0.25, 0.3) is 0 Å². The molecule has 0 N–H and O–H groups in total. The van der Waals surface area contributed by atoms with E-state index in [1.165, 1.54) is 23.1 Å². The molecule has 3 nitrogen and oxygen atoms in total. The Morgan fingerprint density at radius 1 is 1.13 bits per heavy atom. The molecular formula is C26H42O3Si. The first-order valence-corrected chi connectivity index (χ1v) is 14.2. The van der Waals surface area contributed by atoms with Gasteiger partial charge in [-0.25, -0.2) is 0 Å². The van der Waals surface area contributed by atoms with Gasteiger partial charge in [0.25, 0.3) is 0 Å². The largest absolute Gasteiger partial charge is 0.504 e. The second-order valence-corrected chi connectivity index (χ2v) is 14.8. The first-order valence-electron chi connectivity index (χ1n) is 11.3. The van der Waals surface area contributed by atoms with E-state index in [9.17, 15) is 0 Å². The Morgan fingerprint density at radius 2 is 1.83 bits per heavy atom. The van der Waals surface area contributed by atoms with Crippen molar-refractivity contribution in [2.24, 2.45) is 5.92 Å². The summed E-state index contributed by atoms with van der Waals surface area (Å²) in [6.45, 7) is 14.5. The normalized spacial score (nSPS) is 19.9. The average molecular weight is 431 g/mol. The summed E-state index contributed by atoms with van der Waals surface area (Å²) in [5.74, 6) is 2.17. The van der Waals surface area contributed by atoms with Gasteiger partial charge in [-0.3, -0.25) is 0 Å². The number of hydrogen-bond acceptors (Lipinski definition) is 3. The smallest absolute Gasteiger partial charge is 0.191 e. The molecule has 0 radical (unpaired) electrons. The number of methoxy groups -OCH3 is 2. The lowest BCUT2D eigenvalue weighted by atomic mass is 9.96. The summed E-state index contributed by atoms with van der Waals surface area (Å²) in [5, 5.41) is 0.275. The van der Waals surface area contributed by atoms with Gasteiger partial charge < -0.3 is 13.9 Å². The van der Waals surface area contributed by atoms with Crippen molar-refractivity contribution in [3.05, 3.63) is 53.3 Å². The number of aryl methyl sites for hydroxylation is 1. The quantitative estimate of drug-likeness (QED) is 0.160. The molecule has 0 unspecified atom stereocenters. The van der Waals surface area contributed by atoms with Crippen LogP contribution in [0.5, 0.6) is 5.75 Å². The van der Waals surface area contributed by atoms with Crippen molar-refractivity contribution >= 4 is 8.32 Å². The van der Waals surface area contributed by atoms with Crippen molar-refractivity contribution in [2.45, 2.75) is 77.4 Å². The minimum Gasteiger partial charge on any atom is -0.504 e. The van der Waals surface area contributed by atoms with Gasteiger partial charge in [0, 0.05) is 6.61 Å². The summed E-state index contributed by atoms with van der Waals surface area (Å²) in [6, 6.07) is 6.57. The van der Waals surface area contributed by atoms with Gasteiger partial charge in [-0.2, -0.15) is 0 Å². The second-order valence-electron chi connectivity index (χ2n) is 10.0. The standard InChI is InChI=1S/C26H42O3Si/c1-20(19-27-5)24-18-25(24)23-15-14-22(28-6)17-21(23)13-11-9-10-12-16-29-30(7,8)26(2,3)4/h9-10,14-15,17,19,24-25H,11-13,16,18H2,1-8H3/b10-9-,20-19+/t24-,25-/m1/s1. The van der Waals surface area contributed by atoms with E-state index in [1.54, 1.807) is 14.2 Å². The fourth-order valence-corrected chi connectivity index (χ4v) is 4.74. The van der Waals surface area contributed by atoms with Crippen LogP contribution >= 0.6 is 0 Å². The van der Waals surface area contributed by atoms with Crippen molar-refractivity contribution in [1.29, 1.82) is 0 Å². The Bertz CT molecular complexity index is 743. The Hall–Kier alpha value is -1.52. The van der Waals surface area contributed by atoms with Gasteiger partial charge in [0.05, 0.1) is 20.5 Å². The fraction of sp³-hybridized carbons (Fsp3) is 0.615. The van der Waals surface area contributed by atoms with E-state index >= 15 is 0 Å². The molecule has 0 amide bonds. The lowest BCUT2D eigenvalue weighted by Crippen LogP contribution is -2.40. The maximum atomic E-state index is 6.26. The third-order valence-electron chi connectivity index (χ3n) is 6.73. The molecule has 1 aliphatic rings. The zero-order valence-electron chi connectivity index (χ0n) is 20.4. The molecule has 0 bridgehead atoms. The van der Waals surface area contributed by atoms with Gasteiger partial charge in [-0.1, -0.05) is 39.0 Å². The molecule has 4 heteroatoms. The summed E-state index contributed by atoms with van der Waals surface area (Å²) < 4.78 is 16.9. The molecule has 0 aromatic heterocycles. The van der Waals surface area contributed by atoms with E-state index in [0.717, 1.165) is 31.6 Å². The van der Waals surface area contributed by atoms with Crippen molar-refractivity contribution < 1.29 is 13.9 Å². The Morgan fingerprint density at radius 3 is 2.47 bits per heavy atom. The summed E-state index contributed by atoms with van der Waals surface area (Å²) in [7, 11) is 1.84. The highest BCUT2D eigenvalue weighted by molar-refractivity contribution is 6.74. The van der Waals surface area contributed by atoms with Gasteiger partial charge in [0.15, 0.2) is 8.32 Å². The Balaban J connectivity index is 1.89. The third kappa shape index (κ3) is 6.74. The van der Waals surface area contributed by atoms with E-state index < -0.39 is 8.32 Å². The van der Waals surface area contributed by atoms with E-state index in [-0.39, 0.29) is 5.04 Å². The molecule has 0 aliphatic heterocycles. The minimum atomic E-state index is -1.63. The number of hydrogen-bond donors (Lipinski definition) is 0. The van der Waals surface area contributed by atoms with E-state index in [4.69, 9.17) is 13.9 Å². The van der Waals surface area contributed by atoms with Gasteiger partial charge in [-0.15, -0.1) is 0 Å². The molecule has 2 atom stereocenters. The molecule has 1 aromatic rings. The SMILES string of the molecule is CO/C=C(\C)[C@H]1C[C@@H]1c1ccc(OC)cc1CC/C=C\CCO[Si](C)(C)C(C)(C)C. The molecule has 0 spiro atoms. The van der Waals surface area contributed by atoms with E-state index in [2.05, 4.69) is 71.1 Å². The summed E-state index contributed by atoms with van der Waals surface area (Å²) in [4.78, 5) is 0. The van der Waals surface area contributed by atoms with E-state index in [0.29, 0.717) is 11.8 Å². The molecule has 1 saturated carbocycles. The minimum absolute atomic E-state index is 0.275. The molecule has 168 valence electrons. The van der Waals surface area contributed by atoms with Crippen LogP contribution in [0.15, 0.2) is 42.2 Å². The second kappa shape index (κ2) is 10.7. The van der Waals surface area contributed by atoms with Crippen LogP contribution in [0.1, 0.15) is 64.0 Å². The number of rotatable bonds is 11. The molecule has 0 heterocycles. The lowest BCUT2D eigenvalue weighted by molar-refractivity contribution is 0.294. The van der Waals surface area contributed by atoms with Crippen molar-refractivity contribution in [2.75, 3.05) is 20.8 Å². The summed E-state index contributed by atoms with van der Waals surface area (Å²) >= 11 is 0. The predicted molar refractivity (Wildman–Crippen MR) is 130 cm³/mol. The summed E-state index contributed by atoms with van der Waals surface area (Å²) in [6.07, 6.45) is 10.8. The predicted octanol–water partition coefficient (Wildman–Crippen LogP) is 7.25. The summed E-state index contributed by atoms with van der Waals surface area (Å²) in [5.41, 5.74) is 4.22. The molecule has 2 rings (SSSR count). The monoisotopic (exact) mass is 430 g/mol. The topological polar surface area (TPSA) is 27.7 Å². The molecule has 1 fully saturated rings. The first kappa shape index (κ1) is 24.7. The molecular weight excluding hydrogens is 388 g/mol. The highest BCUT2D eigenvalue weighted by Crippen LogP contribution is 2.53. The van der Waals surface area contributed by atoms with Crippen molar-refractivity contribution in [3.63, 3.8) is 0 Å². The molecule has 1 aliphatic carbocycles. The van der Waals surface area contributed by atoms with Crippen LogP contribution in [0.2, 0.25) is 18.1 Å². The molecule has 30 heavy (non-hydrogen) atoms. The highest BCUT2D eigenvalue weighted by Gasteiger charge is 2.40. The molecule has 0 saturated heterocycles. The van der Waals surface area contributed by atoms with Crippen LogP contribution in [0.3, 0.4) is 0 Å². The zero-order chi connectivity index (χ0) is 22.4. The van der Waals surface area contributed by atoms with Crippen LogP contribution in [-0.2, 0) is 15.6 Å². The van der Waals surface area contributed by atoms with Crippen LogP contribution < -0.4 is 4.74 Å². The lowest BCUT2D eigenvalue weighted by Gasteiger charge is -2.36. The number of ether oxygens (including phenoxy) is 2. The van der Waals surface area contributed by atoms with E-state index in [1.807, 2.05) is 6.26 Å². The maximum absolute atomic E-state index is 6.26. The number of benzene rings is 1.